The van der Waals surface area contributed by atoms with Gasteiger partial charge in [0.2, 0.25) is 0 Å². The third-order valence-electron chi connectivity index (χ3n) is 2.84. The van der Waals surface area contributed by atoms with Gasteiger partial charge >= 0.3 is 0 Å². The molecule has 0 bridgehead atoms. The van der Waals surface area contributed by atoms with Crippen LogP contribution in [0.1, 0.15) is 18.4 Å². The van der Waals surface area contributed by atoms with Crippen molar-refractivity contribution in [2.24, 2.45) is 0 Å². The number of aromatic nitrogens is 1. The van der Waals surface area contributed by atoms with Crippen molar-refractivity contribution in [3.63, 3.8) is 0 Å². The second-order valence-corrected chi connectivity index (χ2v) is 4.21. The molecule has 1 aromatic heterocycles. The highest BCUT2D eigenvalue weighted by molar-refractivity contribution is 5.14. The smallest absolute Gasteiger partial charge is 0.181 e. The first-order valence-corrected chi connectivity index (χ1v) is 6.05. The van der Waals surface area contributed by atoms with Gasteiger partial charge < -0.3 is 4.57 Å². The van der Waals surface area contributed by atoms with Gasteiger partial charge in [-0.15, -0.1) is 0 Å². The summed E-state index contributed by atoms with van der Waals surface area (Å²) >= 11 is 0. The van der Waals surface area contributed by atoms with Crippen molar-refractivity contribution in [3.8, 4) is 0 Å². The van der Waals surface area contributed by atoms with E-state index in [9.17, 15) is 4.79 Å². The number of pyridine rings is 1. The van der Waals surface area contributed by atoms with Gasteiger partial charge in [0.25, 0.3) is 0 Å². The number of rotatable bonds is 5. The van der Waals surface area contributed by atoms with Gasteiger partial charge in [0.15, 0.2) is 5.43 Å². The van der Waals surface area contributed by atoms with Crippen LogP contribution in [0.25, 0.3) is 0 Å². The Bertz CT molecular complexity index is 481. The third kappa shape index (κ3) is 3.91. The molecule has 0 saturated heterocycles. The molecule has 1 aromatic carbocycles. The van der Waals surface area contributed by atoms with Crippen molar-refractivity contribution in [3.05, 3.63) is 70.6 Å². The molecule has 0 atom stereocenters. The van der Waals surface area contributed by atoms with E-state index in [0.717, 1.165) is 19.4 Å². The van der Waals surface area contributed by atoms with Gasteiger partial charge in [0.1, 0.15) is 0 Å². The molecule has 88 valence electrons. The van der Waals surface area contributed by atoms with E-state index in [1.807, 2.05) is 18.5 Å². The molecule has 0 aliphatic carbocycles. The highest BCUT2D eigenvalue weighted by atomic mass is 16.1. The SMILES string of the molecule is O=c1ccn(CCCCc2ccccc2)cc1. The van der Waals surface area contributed by atoms with Crippen LogP contribution >= 0.6 is 0 Å². The number of nitrogens with zero attached hydrogens (tertiary/aromatic N) is 1. The first-order valence-electron chi connectivity index (χ1n) is 6.05. The minimum atomic E-state index is 0.0746. The van der Waals surface area contributed by atoms with Crippen LogP contribution in [0, 0.1) is 0 Å². The average molecular weight is 227 g/mol. The largest absolute Gasteiger partial charge is 0.354 e. The van der Waals surface area contributed by atoms with Crippen LogP contribution in [0.3, 0.4) is 0 Å². The summed E-state index contributed by atoms with van der Waals surface area (Å²) in [4.78, 5) is 10.9. The van der Waals surface area contributed by atoms with Gasteiger partial charge in [-0.2, -0.15) is 0 Å². The molecule has 2 rings (SSSR count). The fourth-order valence-electron chi connectivity index (χ4n) is 1.86. The molecule has 0 aliphatic heterocycles. The Balaban J connectivity index is 1.73. The quantitative estimate of drug-likeness (QED) is 0.720. The van der Waals surface area contributed by atoms with E-state index < -0.39 is 0 Å². The monoisotopic (exact) mass is 227 g/mol. The van der Waals surface area contributed by atoms with Crippen LogP contribution in [0.2, 0.25) is 0 Å². The molecule has 17 heavy (non-hydrogen) atoms. The molecular formula is C15H17NO. The average Bonchev–Trinajstić information content (AvgIpc) is 2.38. The van der Waals surface area contributed by atoms with Gasteiger partial charge in [-0.3, -0.25) is 4.79 Å². The molecule has 0 fully saturated rings. The summed E-state index contributed by atoms with van der Waals surface area (Å²) in [6.45, 7) is 0.979. The van der Waals surface area contributed by atoms with E-state index >= 15 is 0 Å². The normalized spacial score (nSPS) is 10.4. The molecule has 0 amide bonds. The fraction of sp³-hybridized carbons (Fsp3) is 0.267. The van der Waals surface area contributed by atoms with Gasteiger partial charge in [-0.05, 0) is 24.8 Å². The van der Waals surface area contributed by atoms with Crippen LogP contribution in [0.15, 0.2) is 59.7 Å². The highest BCUT2D eigenvalue weighted by Gasteiger charge is 1.93. The Hall–Kier alpha value is -1.83. The molecular weight excluding hydrogens is 210 g/mol. The zero-order valence-corrected chi connectivity index (χ0v) is 9.88. The number of aryl methyl sites for hydroxylation is 2. The molecule has 2 aromatic rings. The first-order chi connectivity index (χ1) is 8.34. The second-order valence-electron chi connectivity index (χ2n) is 4.21. The van der Waals surface area contributed by atoms with Gasteiger partial charge in [0, 0.05) is 31.1 Å². The van der Waals surface area contributed by atoms with Crippen molar-refractivity contribution in [2.45, 2.75) is 25.8 Å². The van der Waals surface area contributed by atoms with Crippen LogP contribution in [-0.2, 0) is 13.0 Å². The zero-order chi connectivity index (χ0) is 11.9. The third-order valence-corrected chi connectivity index (χ3v) is 2.84. The number of hydrogen-bond acceptors (Lipinski definition) is 1. The molecule has 2 heteroatoms. The van der Waals surface area contributed by atoms with Gasteiger partial charge in [-0.1, -0.05) is 30.3 Å². The first kappa shape index (κ1) is 11.6. The zero-order valence-electron chi connectivity index (χ0n) is 9.88. The molecule has 0 N–H and O–H groups in total. The number of benzene rings is 1. The maximum absolute atomic E-state index is 10.9. The van der Waals surface area contributed by atoms with Crippen LogP contribution < -0.4 is 5.43 Å². The van der Waals surface area contributed by atoms with Crippen molar-refractivity contribution in [1.82, 2.24) is 4.57 Å². The Kier molecular flexibility index (Phi) is 4.14. The molecule has 0 spiro atoms. The molecule has 0 radical (unpaired) electrons. The second kappa shape index (κ2) is 6.04. The standard InChI is InChI=1S/C15H17NO/c17-15-9-12-16(13-10-15)11-5-4-8-14-6-2-1-3-7-14/h1-3,6-7,9-10,12-13H,4-5,8,11H2. The van der Waals surface area contributed by atoms with Crippen LogP contribution in [0.4, 0.5) is 0 Å². The topological polar surface area (TPSA) is 22.0 Å². The summed E-state index contributed by atoms with van der Waals surface area (Å²) in [5, 5.41) is 0. The van der Waals surface area contributed by atoms with Gasteiger partial charge in [-0.25, -0.2) is 0 Å². The minimum absolute atomic E-state index is 0.0746. The lowest BCUT2D eigenvalue weighted by molar-refractivity contribution is 0.606. The van der Waals surface area contributed by atoms with E-state index in [0.29, 0.717) is 0 Å². The lowest BCUT2D eigenvalue weighted by atomic mass is 10.1. The Labute approximate surface area is 102 Å². The summed E-state index contributed by atoms with van der Waals surface area (Å²) < 4.78 is 2.06. The van der Waals surface area contributed by atoms with E-state index in [2.05, 4.69) is 28.8 Å². The van der Waals surface area contributed by atoms with Crippen LogP contribution in [-0.4, -0.2) is 4.57 Å². The number of unbranched alkanes of at least 4 members (excludes halogenated alkanes) is 1. The summed E-state index contributed by atoms with van der Waals surface area (Å²) in [5.41, 5.74) is 1.47. The predicted octanol–water partition coefficient (Wildman–Crippen LogP) is 2.87. The fourth-order valence-corrected chi connectivity index (χ4v) is 1.86. The Morgan fingerprint density at radius 1 is 0.882 bits per heavy atom. The van der Waals surface area contributed by atoms with Crippen molar-refractivity contribution >= 4 is 0 Å². The highest BCUT2D eigenvalue weighted by Crippen LogP contribution is 2.05. The Morgan fingerprint density at radius 3 is 2.29 bits per heavy atom. The van der Waals surface area contributed by atoms with E-state index in [-0.39, 0.29) is 5.43 Å². The minimum Gasteiger partial charge on any atom is -0.354 e. The Morgan fingerprint density at radius 2 is 1.59 bits per heavy atom. The summed E-state index contributed by atoms with van der Waals surface area (Å²) in [5.74, 6) is 0. The summed E-state index contributed by atoms with van der Waals surface area (Å²) in [7, 11) is 0. The summed E-state index contributed by atoms with van der Waals surface area (Å²) in [6.07, 6.45) is 7.14. The predicted molar refractivity (Wildman–Crippen MR) is 70.1 cm³/mol. The van der Waals surface area contributed by atoms with E-state index in [4.69, 9.17) is 0 Å². The maximum Gasteiger partial charge on any atom is 0.181 e. The van der Waals surface area contributed by atoms with E-state index in [1.165, 1.54) is 12.0 Å². The van der Waals surface area contributed by atoms with Crippen LogP contribution in [0.5, 0.6) is 0 Å². The molecule has 0 saturated carbocycles. The molecule has 1 heterocycles. The van der Waals surface area contributed by atoms with Crippen molar-refractivity contribution < 1.29 is 0 Å². The summed E-state index contributed by atoms with van der Waals surface area (Å²) in [6, 6.07) is 13.8. The lowest BCUT2D eigenvalue weighted by Gasteiger charge is -2.05. The van der Waals surface area contributed by atoms with Crippen molar-refractivity contribution in [1.29, 1.82) is 0 Å². The lowest BCUT2D eigenvalue weighted by Crippen LogP contribution is -2.04. The maximum atomic E-state index is 10.9. The number of hydrogen-bond donors (Lipinski definition) is 0. The molecule has 2 nitrogen and oxygen atoms in total. The van der Waals surface area contributed by atoms with Gasteiger partial charge in [0.05, 0.1) is 0 Å². The van der Waals surface area contributed by atoms with Crippen molar-refractivity contribution in [2.75, 3.05) is 0 Å². The van der Waals surface area contributed by atoms with E-state index in [1.54, 1.807) is 12.1 Å². The molecule has 0 aliphatic rings. The molecule has 0 unspecified atom stereocenters.